The van der Waals surface area contributed by atoms with Crippen LogP contribution in [0.4, 0.5) is 0 Å². The third kappa shape index (κ3) is 2.86. The van der Waals surface area contributed by atoms with Gasteiger partial charge in [0.15, 0.2) is 0 Å². The maximum absolute atomic E-state index is 11.7. The van der Waals surface area contributed by atoms with Crippen LogP contribution in [0.15, 0.2) is 29.4 Å². The van der Waals surface area contributed by atoms with Crippen LogP contribution in [0.3, 0.4) is 0 Å². The summed E-state index contributed by atoms with van der Waals surface area (Å²) in [6.07, 6.45) is 2.64. The minimum atomic E-state index is -0.729. The van der Waals surface area contributed by atoms with E-state index in [4.69, 9.17) is 4.84 Å². The Labute approximate surface area is 130 Å². The van der Waals surface area contributed by atoms with Crippen LogP contribution in [-0.2, 0) is 9.63 Å². The average molecular weight is 302 g/mol. The number of aliphatic carboxylic acids is 1. The van der Waals surface area contributed by atoms with E-state index in [9.17, 15) is 9.90 Å². The van der Waals surface area contributed by atoms with Gasteiger partial charge in [-0.05, 0) is 31.9 Å². The number of hydrogen-bond donors (Lipinski definition) is 2. The number of nitrogens with one attached hydrogen (secondary N) is 1. The Balaban J connectivity index is 1.69. The summed E-state index contributed by atoms with van der Waals surface area (Å²) in [7, 11) is 0. The number of nitrogens with zero attached hydrogens (tertiary/aromatic N) is 1. The van der Waals surface area contributed by atoms with Crippen molar-refractivity contribution in [2.45, 2.75) is 38.7 Å². The second kappa shape index (κ2) is 6.08. The monoisotopic (exact) mass is 302 g/mol. The van der Waals surface area contributed by atoms with Gasteiger partial charge in [0.1, 0.15) is 6.10 Å². The first kappa shape index (κ1) is 15.0. The smallest absolute Gasteiger partial charge is 0.311 e. The third-order valence-electron chi connectivity index (χ3n) is 4.73. The number of rotatable bonds is 4. The molecule has 2 aliphatic heterocycles. The Morgan fingerprint density at radius 3 is 3.00 bits per heavy atom. The summed E-state index contributed by atoms with van der Waals surface area (Å²) in [4.78, 5) is 17.3. The molecular formula is C17H22N2O3. The molecule has 1 aromatic carbocycles. The van der Waals surface area contributed by atoms with Crippen LogP contribution >= 0.6 is 0 Å². The Kier molecular flexibility index (Phi) is 4.16. The highest BCUT2D eigenvalue weighted by molar-refractivity contribution is 6.02. The van der Waals surface area contributed by atoms with E-state index < -0.39 is 11.4 Å². The van der Waals surface area contributed by atoms with Crippen LogP contribution in [0.1, 0.15) is 36.8 Å². The summed E-state index contributed by atoms with van der Waals surface area (Å²) in [6, 6.07) is 8.08. The standard InChI is InChI=1S/C17H22N2O3/c1-12-5-2-3-6-14(12)15-9-13(22-19-15)10-17(16(20)21)7-4-8-18-11-17/h2-3,5-6,13,18H,4,7-11H2,1H3,(H,20,21)/t13-,17-/m0/s1. The number of aryl methyl sites for hydroxylation is 1. The average Bonchev–Trinajstić information content (AvgIpc) is 2.96. The first-order chi connectivity index (χ1) is 10.6. The fourth-order valence-electron chi connectivity index (χ4n) is 3.44. The van der Waals surface area contributed by atoms with Crippen molar-refractivity contribution in [1.82, 2.24) is 5.32 Å². The predicted molar refractivity (Wildman–Crippen MR) is 84.0 cm³/mol. The zero-order chi connectivity index (χ0) is 15.6. The molecule has 1 fully saturated rings. The Bertz CT molecular complexity index is 591. The van der Waals surface area contributed by atoms with Crippen LogP contribution in [-0.4, -0.2) is 36.0 Å². The third-order valence-corrected chi connectivity index (χ3v) is 4.73. The van der Waals surface area contributed by atoms with Gasteiger partial charge < -0.3 is 15.3 Å². The quantitative estimate of drug-likeness (QED) is 0.895. The molecule has 0 unspecified atom stereocenters. The van der Waals surface area contributed by atoms with Gasteiger partial charge in [-0.15, -0.1) is 0 Å². The van der Waals surface area contributed by atoms with Crippen LogP contribution < -0.4 is 5.32 Å². The number of benzene rings is 1. The first-order valence-corrected chi connectivity index (χ1v) is 7.83. The first-order valence-electron chi connectivity index (χ1n) is 7.83. The Morgan fingerprint density at radius 1 is 1.50 bits per heavy atom. The van der Waals surface area contributed by atoms with Crippen molar-refractivity contribution >= 4 is 11.7 Å². The molecule has 0 amide bonds. The van der Waals surface area contributed by atoms with Crippen molar-refractivity contribution < 1.29 is 14.7 Å². The molecule has 5 nitrogen and oxygen atoms in total. The van der Waals surface area contributed by atoms with Gasteiger partial charge in [0.2, 0.25) is 0 Å². The van der Waals surface area contributed by atoms with Crippen molar-refractivity contribution in [3.8, 4) is 0 Å². The Morgan fingerprint density at radius 2 is 2.32 bits per heavy atom. The highest BCUT2D eigenvalue weighted by Gasteiger charge is 2.43. The zero-order valence-corrected chi connectivity index (χ0v) is 12.8. The van der Waals surface area contributed by atoms with Gasteiger partial charge in [-0.25, -0.2) is 0 Å². The molecule has 2 aliphatic rings. The molecule has 0 saturated carbocycles. The van der Waals surface area contributed by atoms with E-state index in [-0.39, 0.29) is 6.10 Å². The number of carboxylic acid groups (broad SMARTS) is 1. The van der Waals surface area contributed by atoms with Crippen molar-refractivity contribution in [1.29, 1.82) is 0 Å². The van der Waals surface area contributed by atoms with Gasteiger partial charge in [-0.2, -0.15) is 0 Å². The maximum atomic E-state index is 11.7. The van der Waals surface area contributed by atoms with Gasteiger partial charge in [0, 0.05) is 24.9 Å². The van der Waals surface area contributed by atoms with E-state index >= 15 is 0 Å². The summed E-state index contributed by atoms with van der Waals surface area (Å²) in [5.41, 5.74) is 2.46. The van der Waals surface area contributed by atoms with E-state index in [1.165, 1.54) is 0 Å². The van der Waals surface area contributed by atoms with E-state index in [0.717, 1.165) is 29.8 Å². The molecule has 3 rings (SSSR count). The highest BCUT2D eigenvalue weighted by atomic mass is 16.6. The number of oxime groups is 1. The fraction of sp³-hybridized carbons (Fsp3) is 0.529. The number of piperidine rings is 1. The lowest BCUT2D eigenvalue weighted by molar-refractivity contribution is -0.152. The maximum Gasteiger partial charge on any atom is 0.311 e. The van der Waals surface area contributed by atoms with Crippen molar-refractivity contribution in [2.24, 2.45) is 10.6 Å². The normalized spacial score (nSPS) is 28.0. The molecule has 22 heavy (non-hydrogen) atoms. The summed E-state index contributed by atoms with van der Waals surface area (Å²) in [5, 5.41) is 17.1. The van der Waals surface area contributed by atoms with E-state index in [1.807, 2.05) is 18.2 Å². The molecule has 2 atom stereocenters. The largest absolute Gasteiger partial charge is 0.481 e. The van der Waals surface area contributed by atoms with Gasteiger partial charge in [0.25, 0.3) is 0 Å². The molecule has 0 bridgehead atoms. The fourth-order valence-corrected chi connectivity index (χ4v) is 3.44. The lowest BCUT2D eigenvalue weighted by atomic mass is 9.75. The molecule has 5 heteroatoms. The van der Waals surface area contributed by atoms with Crippen LogP contribution in [0.5, 0.6) is 0 Å². The van der Waals surface area contributed by atoms with E-state index in [0.29, 0.717) is 25.8 Å². The lowest BCUT2D eigenvalue weighted by Crippen LogP contribution is -2.47. The van der Waals surface area contributed by atoms with E-state index in [1.54, 1.807) is 0 Å². The minimum absolute atomic E-state index is 0.148. The Hall–Kier alpha value is -1.88. The van der Waals surface area contributed by atoms with Gasteiger partial charge in [-0.1, -0.05) is 29.4 Å². The summed E-state index contributed by atoms with van der Waals surface area (Å²) in [5.74, 6) is -0.729. The van der Waals surface area contributed by atoms with Crippen LogP contribution in [0, 0.1) is 12.3 Å². The second-order valence-corrected chi connectivity index (χ2v) is 6.35. The number of carboxylic acids is 1. The topological polar surface area (TPSA) is 70.9 Å². The molecule has 0 aliphatic carbocycles. The second-order valence-electron chi connectivity index (χ2n) is 6.35. The van der Waals surface area contributed by atoms with Crippen LogP contribution in [0.25, 0.3) is 0 Å². The molecule has 0 spiro atoms. The molecule has 0 aromatic heterocycles. The summed E-state index contributed by atoms with van der Waals surface area (Å²) < 4.78 is 0. The molecule has 118 valence electrons. The molecule has 0 radical (unpaired) electrons. The van der Waals surface area contributed by atoms with Crippen LogP contribution in [0.2, 0.25) is 0 Å². The van der Waals surface area contributed by atoms with Crippen molar-refractivity contribution in [3.05, 3.63) is 35.4 Å². The van der Waals surface area contributed by atoms with Gasteiger partial charge in [-0.3, -0.25) is 4.79 Å². The lowest BCUT2D eigenvalue weighted by Gasteiger charge is -2.34. The number of hydrogen-bond acceptors (Lipinski definition) is 4. The molecule has 1 saturated heterocycles. The van der Waals surface area contributed by atoms with E-state index in [2.05, 4.69) is 23.5 Å². The summed E-state index contributed by atoms with van der Waals surface area (Å²) in [6.45, 7) is 3.46. The predicted octanol–water partition coefficient (Wildman–Crippen LogP) is 2.33. The number of carbonyl (C=O) groups is 1. The van der Waals surface area contributed by atoms with Gasteiger partial charge >= 0.3 is 5.97 Å². The van der Waals surface area contributed by atoms with Crippen molar-refractivity contribution in [3.63, 3.8) is 0 Å². The molecule has 1 aromatic rings. The minimum Gasteiger partial charge on any atom is -0.481 e. The summed E-state index contributed by atoms with van der Waals surface area (Å²) >= 11 is 0. The van der Waals surface area contributed by atoms with Crippen molar-refractivity contribution in [2.75, 3.05) is 13.1 Å². The molecular weight excluding hydrogens is 280 g/mol. The highest BCUT2D eigenvalue weighted by Crippen LogP contribution is 2.35. The molecule has 2 heterocycles. The molecule has 2 N–H and O–H groups in total. The zero-order valence-electron chi connectivity index (χ0n) is 12.8. The van der Waals surface area contributed by atoms with Gasteiger partial charge in [0.05, 0.1) is 11.1 Å². The SMILES string of the molecule is Cc1ccccc1C1=NO[C@H](C[C@@]2(C(=O)O)CCCNC2)C1.